The lowest BCUT2D eigenvalue weighted by Gasteiger charge is -2.19. The molecular weight excluding hydrogens is 140 g/mol. The van der Waals surface area contributed by atoms with Gasteiger partial charge in [0.2, 0.25) is 0 Å². The summed E-state index contributed by atoms with van der Waals surface area (Å²) in [7, 11) is 0. The first-order valence-corrected chi connectivity index (χ1v) is 3.43. The smallest absolute Gasteiger partial charge is 0.135 e. The fourth-order valence-corrected chi connectivity index (χ4v) is 1.12. The second kappa shape index (κ2) is 2.36. The molecule has 1 aromatic carbocycles. The van der Waals surface area contributed by atoms with Crippen LogP contribution in [0.25, 0.3) is 0 Å². The standard InChI is InChI=1S/C8H8N2O/c11-10-6-9-5-7-3-1-2-4-8(7)10/h1-5,11H,6H2. The number of benzene rings is 1. The van der Waals surface area contributed by atoms with Crippen LogP contribution in [0.3, 0.4) is 0 Å². The van der Waals surface area contributed by atoms with Crippen LogP contribution in [0.1, 0.15) is 5.56 Å². The van der Waals surface area contributed by atoms with E-state index in [1.54, 1.807) is 6.21 Å². The molecule has 3 heteroatoms. The van der Waals surface area contributed by atoms with Gasteiger partial charge in [-0.25, -0.2) is 5.06 Å². The highest BCUT2D eigenvalue weighted by Gasteiger charge is 2.09. The zero-order valence-corrected chi connectivity index (χ0v) is 5.94. The molecule has 1 N–H and O–H groups in total. The molecule has 1 heterocycles. The summed E-state index contributed by atoms with van der Waals surface area (Å²) >= 11 is 0. The molecule has 1 aliphatic heterocycles. The zero-order chi connectivity index (χ0) is 7.68. The molecule has 0 aromatic heterocycles. The van der Waals surface area contributed by atoms with Crippen molar-refractivity contribution in [2.75, 3.05) is 11.7 Å². The summed E-state index contributed by atoms with van der Waals surface area (Å²) in [6, 6.07) is 7.59. The van der Waals surface area contributed by atoms with E-state index < -0.39 is 0 Å². The average molecular weight is 148 g/mol. The Kier molecular flexibility index (Phi) is 1.36. The first-order chi connectivity index (χ1) is 5.38. The minimum Gasteiger partial charge on any atom is -0.287 e. The van der Waals surface area contributed by atoms with Gasteiger partial charge in [0.1, 0.15) is 6.67 Å². The van der Waals surface area contributed by atoms with E-state index in [4.69, 9.17) is 0 Å². The lowest BCUT2D eigenvalue weighted by atomic mass is 10.2. The second-order valence-electron chi connectivity index (χ2n) is 2.41. The molecule has 1 aromatic rings. The fraction of sp³-hybridized carbons (Fsp3) is 0.125. The van der Waals surface area contributed by atoms with Gasteiger partial charge in [-0.1, -0.05) is 18.2 Å². The van der Waals surface area contributed by atoms with Crippen LogP contribution in [-0.2, 0) is 0 Å². The van der Waals surface area contributed by atoms with Crippen molar-refractivity contribution in [3.05, 3.63) is 29.8 Å². The van der Waals surface area contributed by atoms with E-state index in [0.29, 0.717) is 6.67 Å². The Bertz CT molecular complexity index is 296. The van der Waals surface area contributed by atoms with Crippen molar-refractivity contribution in [1.29, 1.82) is 0 Å². The highest BCUT2D eigenvalue weighted by molar-refractivity contribution is 5.89. The molecule has 0 amide bonds. The monoisotopic (exact) mass is 148 g/mol. The van der Waals surface area contributed by atoms with Crippen molar-refractivity contribution in [3.63, 3.8) is 0 Å². The van der Waals surface area contributed by atoms with Crippen LogP contribution < -0.4 is 5.06 Å². The van der Waals surface area contributed by atoms with E-state index in [-0.39, 0.29) is 0 Å². The molecule has 56 valence electrons. The summed E-state index contributed by atoms with van der Waals surface area (Å²) in [6.07, 6.45) is 1.77. The number of hydroxylamine groups is 1. The van der Waals surface area contributed by atoms with E-state index in [2.05, 4.69) is 4.99 Å². The van der Waals surface area contributed by atoms with E-state index in [0.717, 1.165) is 16.3 Å². The quantitative estimate of drug-likeness (QED) is 0.601. The van der Waals surface area contributed by atoms with Crippen molar-refractivity contribution in [2.45, 2.75) is 0 Å². The van der Waals surface area contributed by atoms with Gasteiger partial charge in [0.15, 0.2) is 0 Å². The number of nitrogens with zero attached hydrogens (tertiary/aromatic N) is 2. The number of aliphatic imine (C=N–C) groups is 1. The van der Waals surface area contributed by atoms with E-state index in [1.807, 2.05) is 24.3 Å². The van der Waals surface area contributed by atoms with Crippen molar-refractivity contribution in [3.8, 4) is 0 Å². The summed E-state index contributed by atoms with van der Waals surface area (Å²) in [5.41, 5.74) is 1.78. The maximum Gasteiger partial charge on any atom is 0.135 e. The van der Waals surface area contributed by atoms with Crippen LogP contribution in [0.2, 0.25) is 0 Å². The van der Waals surface area contributed by atoms with E-state index >= 15 is 0 Å². The van der Waals surface area contributed by atoms with Crippen LogP contribution in [0.15, 0.2) is 29.3 Å². The van der Waals surface area contributed by atoms with Crippen molar-refractivity contribution in [2.24, 2.45) is 4.99 Å². The molecule has 0 aliphatic carbocycles. The Labute approximate surface area is 64.6 Å². The molecule has 11 heavy (non-hydrogen) atoms. The molecule has 0 saturated carbocycles. The van der Waals surface area contributed by atoms with Crippen molar-refractivity contribution >= 4 is 11.9 Å². The lowest BCUT2D eigenvalue weighted by molar-refractivity contribution is 0.256. The summed E-state index contributed by atoms with van der Waals surface area (Å²) in [6.45, 7) is 0.330. The summed E-state index contributed by atoms with van der Waals surface area (Å²) < 4.78 is 0. The Balaban J connectivity index is 2.54. The number of para-hydroxylation sites is 1. The van der Waals surface area contributed by atoms with Crippen molar-refractivity contribution < 1.29 is 5.21 Å². The first-order valence-electron chi connectivity index (χ1n) is 3.43. The van der Waals surface area contributed by atoms with Gasteiger partial charge in [-0.05, 0) is 6.07 Å². The summed E-state index contributed by atoms with van der Waals surface area (Å²) in [4.78, 5) is 3.95. The third-order valence-corrected chi connectivity index (χ3v) is 1.66. The maximum atomic E-state index is 9.28. The van der Waals surface area contributed by atoms with Gasteiger partial charge >= 0.3 is 0 Å². The van der Waals surface area contributed by atoms with Crippen LogP contribution in [0.5, 0.6) is 0 Å². The molecule has 3 nitrogen and oxygen atoms in total. The molecule has 0 unspecified atom stereocenters. The first kappa shape index (κ1) is 6.37. The van der Waals surface area contributed by atoms with Gasteiger partial charge in [-0.3, -0.25) is 10.2 Å². The molecule has 0 radical (unpaired) electrons. The van der Waals surface area contributed by atoms with Crippen LogP contribution in [0.4, 0.5) is 5.69 Å². The molecule has 2 rings (SSSR count). The normalized spacial score (nSPS) is 14.8. The summed E-state index contributed by atoms with van der Waals surface area (Å²) in [5, 5.41) is 10.4. The molecule has 0 spiro atoms. The lowest BCUT2D eigenvalue weighted by Crippen LogP contribution is -2.22. The van der Waals surface area contributed by atoms with E-state index in [1.165, 1.54) is 0 Å². The van der Waals surface area contributed by atoms with Gasteiger partial charge in [0.05, 0.1) is 5.69 Å². The Morgan fingerprint density at radius 3 is 3.00 bits per heavy atom. The SMILES string of the molecule is ON1CN=Cc2ccccc21. The molecule has 0 atom stereocenters. The van der Waals surface area contributed by atoms with Gasteiger partial charge < -0.3 is 0 Å². The molecule has 1 aliphatic rings. The predicted molar refractivity (Wildman–Crippen MR) is 43.2 cm³/mol. The maximum absolute atomic E-state index is 9.28. The number of anilines is 1. The van der Waals surface area contributed by atoms with Crippen LogP contribution >= 0.6 is 0 Å². The fourth-order valence-electron chi connectivity index (χ4n) is 1.12. The molecular formula is C8H8N2O. The van der Waals surface area contributed by atoms with Gasteiger partial charge in [-0.15, -0.1) is 0 Å². The highest BCUT2D eigenvalue weighted by Crippen LogP contribution is 2.19. The third kappa shape index (κ3) is 0.991. The average Bonchev–Trinajstić information content (AvgIpc) is 2.06. The van der Waals surface area contributed by atoms with Crippen LogP contribution in [0, 0.1) is 0 Å². The Morgan fingerprint density at radius 2 is 2.18 bits per heavy atom. The highest BCUT2D eigenvalue weighted by atomic mass is 16.5. The number of hydrogen-bond donors (Lipinski definition) is 1. The molecule has 0 fully saturated rings. The Hall–Kier alpha value is -1.35. The van der Waals surface area contributed by atoms with Gasteiger partial charge in [0.25, 0.3) is 0 Å². The van der Waals surface area contributed by atoms with Gasteiger partial charge in [-0.2, -0.15) is 0 Å². The molecule has 0 saturated heterocycles. The third-order valence-electron chi connectivity index (χ3n) is 1.66. The number of fused-ring (bicyclic) bond motifs is 1. The predicted octanol–water partition coefficient (Wildman–Crippen LogP) is 1.27. The van der Waals surface area contributed by atoms with Crippen molar-refractivity contribution in [1.82, 2.24) is 0 Å². The van der Waals surface area contributed by atoms with Gasteiger partial charge in [0, 0.05) is 11.8 Å². The Morgan fingerprint density at radius 1 is 1.36 bits per heavy atom. The zero-order valence-electron chi connectivity index (χ0n) is 5.94. The minimum absolute atomic E-state index is 0.330. The second-order valence-corrected chi connectivity index (χ2v) is 2.41. The number of rotatable bonds is 0. The topological polar surface area (TPSA) is 35.8 Å². The number of hydrogen-bond acceptors (Lipinski definition) is 3. The summed E-state index contributed by atoms with van der Waals surface area (Å²) in [5.74, 6) is 0. The minimum atomic E-state index is 0.330. The largest absolute Gasteiger partial charge is 0.287 e. The van der Waals surface area contributed by atoms with E-state index in [9.17, 15) is 5.21 Å². The van der Waals surface area contributed by atoms with Crippen LogP contribution in [-0.4, -0.2) is 18.1 Å². The molecule has 0 bridgehead atoms.